The van der Waals surface area contributed by atoms with E-state index in [1.807, 2.05) is 24.3 Å². The van der Waals surface area contributed by atoms with E-state index < -0.39 is 20.0 Å². The molecule has 12 heteroatoms. The summed E-state index contributed by atoms with van der Waals surface area (Å²) in [6.07, 6.45) is 1.79. The molecule has 0 bridgehead atoms. The Bertz CT molecular complexity index is 1660. The van der Waals surface area contributed by atoms with Crippen LogP contribution in [0.5, 0.6) is 0 Å². The van der Waals surface area contributed by atoms with Gasteiger partial charge in [-0.2, -0.15) is 20.5 Å². The Morgan fingerprint density at radius 3 is 1.73 bits per heavy atom. The molecule has 2 heterocycles. The molecule has 0 atom stereocenters. The minimum absolute atomic E-state index is 0.0314. The lowest BCUT2D eigenvalue weighted by Crippen LogP contribution is -2.45. The van der Waals surface area contributed by atoms with Gasteiger partial charge in [0.15, 0.2) is 0 Å². The number of nitrogens with zero attached hydrogens (tertiary/aromatic N) is 4. The number of aromatic nitrogens is 1. The van der Waals surface area contributed by atoms with Gasteiger partial charge in [-0.25, -0.2) is 0 Å². The summed E-state index contributed by atoms with van der Waals surface area (Å²) in [6, 6.07) is 23.9. The van der Waals surface area contributed by atoms with Crippen molar-refractivity contribution < 1.29 is 16.8 Å². The first-order valence-corrected chi connectivity index (χ1v) is 16.5. The van der Waals surface area contributed by atoms with Crippen molar-refractivity contribution in [2.75, 3.05) is 29.9 Å². The third kappa shape index (κ3) is 6.58. The van der Waals surface area contributed by atoms with Gasteiger partial charge in [0.2, 0.25) is 0 Å². The maximum Gasteiger partial charge on any atom is 0.279 e. The summed E-state index contributed by atoms with van der Waals surface area (Å²) in [7, 11) is -9.33. The van der Waals surface area contributed by atoms with E-state index in [1.165, 1.54) is 42.5 Å². The normalized spacial score (nSPS) is 15.1. The lowest BCUT2D eigenvalue weighted by atomic mass is 10.1. The van der Waals surface area contributed by atoms with Gasteiger partial charge in [-0.1, -0.05) is 65.7 Å². The maximum atomic E-state index is 14.0. The van der Waals surface area contributed by atoms with Crippen molar-refractivity contribution in [1.29, 1.82) is 0 Å². The molecule has 3 aromatic carbocycles. The molecule has 4 aromatic rings. The number of sulfonamides is 2. The van der Waals surface area contributed by atoms with Crippen LogP contribution in [0.4, 0.5) is 5.69 Å². The minimum atomic E-state index is -4.67. The van der Waals surface area contributed by atoms with Gasteiger partial charge in [0.25, 0.3) is 20.0 Å². The average Bonchev–Trinajstić information content (AvgIpc) is 2.95. The molecular formula is C29H28Cl2N4O4S2. The van der Waals surface area contributed by atoms with Crippen LogP contribution in [0.2, 0.25) is 10.0 Å². The van der Waals surface area contributed by atoms with Crippen LogP contribution < -0.4 is 3.71 Å². The van der Waals surface area contributed by atoms with Crippen molar-refractivity contribution in [1.82, 2.24) is 14.8 Å². The van der Waals surface area contributed by atoms with E-state index in [0.717, 1.165) is 44.0 Å². The standard InChI is InChI=1S/C29H28Cl2N4O4S2/c30-26-11-1-3-13-28(26)40(36,37)35(41(38,39)29-14-4-2-12-27(29)31)25-10-7-8-23(20-25)21-33-16-18-34(19-17-33)22-24-9-5-6-15-32-24/h1-15,20H,16-19,21-22H2. The number of pyridine rings is 1. The predicted octanol–water partition coefficient (Wildman–Crippen LogP) is 5.29. The Hall–Kier alpha value is -2.99. The van der Waals surface area contributed by atoms with Crippen LogP contribution in [0, 0.1) is 0 Å². The van der Waals surface area contributed by atoms with Crippen LogP contribution in [0.3, 0.4) is 0 Å². The van der Waals surface area contributed by atoms with Gasteiger partial charge in [-0.05, 0) is 54.1 Å². The second-order valence-corrected chi connectivity index (χ2v) is 14.2. The van der Waals surface area contributed by atoms with Crippen molar-refractivity contribution >= 4 is 48.9 Å². The number of benzene rings is 3. The summed E-state index contributed by atoms with van der Waals surface area (Å²) in [4.78, 5) is 8.34. The Morgan fingerprint density at radius 2 is 1.20 bits per heavy atom. The van der Waals surface area contributed by atoms with Crippen molar-refractivity contribution in [3.63, 3.8) is 0 Å². The topological polar surface area (TPSA) is 90.9 Å². The van der Waals surface area contributed by atoms with Crippen LogP contribution in [-0.2, 0) is 33.1 Å². The van der Waals surface area contributed by atoms with E-state index >= 15 is 0 Å². The average molecular weight is 632 g/mol. The highest BCUT2D eigenvalue weighted by molar-refractivity contribution is 8.10. The number of piperazine rings is 1. The highest BCUT2D eigenvalue weighted by Crippen LogP contribution is 2.36. The molecule has 5 rings (SSSR count). The molecule has 41 heavy (non-hydrogen) atoms. The number of hydrogen-bond acceptors (Lipinski definition) is 7. The van der Waals surface area contributed by atoms with Gasteiger partial charge in [0.05, 0.1) is 21.4 Å². The summed E-state index contributed by atoms with van der Waals surface area (Å²) < 4.78 is 56.3. The second kappa shape index (κ2) is 12.5. The van der Waals surface area contributed by atoms with Gasteiger partial charge in [0.1, 0.15) is 9.79 Å². The minimum Gasteiger partial charge on any atom is -0.297 e. The zero-order valence-electron chi connectivity index (χ0n) is 22.0. The highest BCUT2D eigenvalue weighted by atomic mass is 35.5. The van der Waals surface area contributed by atoms with Crippen LogP contribution in [-0.4, -0.2) is 57.8 Å². The summed E-state index contributed by atoms with van der Waals surface area (Å²) in [5.74, 6) is 0. The van der Waals surface area contributed by atoms with Crippen molar-refractivity contribution in [3.05, 3.63) is 118 Å². The first-order valence-electron chi connectivity index (χ1n) is 12.9. The van der Waals surface area contributed by atoms with E-state index in [0.29, 0.717) is 10.3 Å². The van der Waals surface area contributed by atoms with E-state index in [1.54, 1.807) is 30.5 Å². The van der Waals surface area contributed by atoms with Crippen LogP contribution in [0.15, 0.2) is 107 Å². The molecule has 1 aromatic heterocycles. The quantitative estimate of drug-likeness (QED) is 0.248. The Morgan fingerprint density at radius 1 is 0.659 bits per heavy atom. The first-order chi connectivity index (χ1) is 19.7. The van der Waals surface area contributed by atoms with Crippen molar-refractivity contribution in [2.24, 2.45) is 0 Å². The Kier molecular flexibility index (Phi) is 8.98. The Balaban J connectivity index is 1.44. The van der Waals surface area contributed by atoms with E-state index in [4.69, 9.17) is 23.2 Å². The fourth-order valence-electron chi connectivity index (χ4n) is 4.75. The summed E-state index contributed by atoms with van der Waals surface area (Å²) in [5, 5.41) is -0.182. The van der Waals surface area contributed by atoms with Gasteiger partial charge in [-0.15, -0.1) is 0 Å². The molecule has 1 fully saturated rings. The van der Waals surface area contributed by atoms with Gasteiger partial charge in [0, 0.05) is 45.5 Å². The Labute approximate surface area is 250 Å². The van der Waals surface area contributed by atoms with Crippen LogP contribution in [0.1, 0.15) is 11.3 Å². The predicted molar refractivity (Wildman–Crippen MR) is 161 cm³/mol. The molecule has 0 saturated carbocycles. The van der Waals surface area contributed by atoms with Gasteiger partial charge < -0.3 is 0 Å². The zero-order valence-corrected chi connectivity index (χ0v) is 25.1. The molecule has 214 valence electrons. The van der Waals surface area contributed by atoms with Crippen LogP contribution >= 0.6 is 23.2 Å². The first kappa shape index (κ1) is 29.5. The van der Waals surface area contributed by atoms with E-state index in [-0.39, 0.29) is 25.5 Å². The largest absolute Gasteiger partial charge is 0.297 e. The number of hydrogen-bond donors (Lipinski definition) is 0. The van der Waals surface area contributed by atoms with E-state index in [2.05, 4.69) is 14.8 Å². The molecule has 0 unspecified atom stereocenters. The molecule has 1 saturated heterocycles. The molecule has 0 spiro atoms. The molecular weight excluding hydrogens is 603 g/mol. The smallest absolute Gasteiger partial charge is 0.279 e. The zero-order chi connectivity index (χ0) is 29.0. The van der Waals surface area contributed by atoms with Crippen LogP contribution in [0.25, 0.3) is 0 Å². The summed E-state index contributed by atoms with van der Waals surface area (Å²) >= 11 is 12.5. The van der Waals surface area contributed by atoms with E-state index in [9.17, 15) is 16.8 Å². The second-order valence-electron chi connectivity index (χ2n) is 9.61. The number of halogens is 2. The monoisotopic (exact) mass is 630 g/mol. The molecule has 0 N–H and O–H groups in total. The molecule has 0 aliphatic carbocycles. The molecule has 0 radical (unpaired) electrons. The fourth-order valence-corrected chi connectivity index (χ4v) is 9.39. The molecule has 8 nitrogen and oxygen atoms in total. The summed E-state index contributed by atoms with van der Waals surface area (Å²) in [5.41, 5.74) is 1.76. The maximum absolute atomic E-state index is 14.0. The third-order valence-electron chi connectivity index (χ3n) is 6.77. The molecule has 0 amide bonds. The molecule has 1 aliphatic rings. The van der Waals surface area contributed by atoms with Crippen molar-refractivity contribution in [2.45, 2.75) is 22.9 Å². The van der Waals surface area contributed by atoms with Gasteiger partial charge >= 0.3 is 0 Å². The third-order valence-corrected chi connectivity index (χ3v) is 11.9. The number of anilines is 1. The van der Waals surface area contributed by atoms with Crippen molar-refractivity contribution in [3.8, 4) is 0 Å². The lowest BCUT2D eigenvalue weighted by molar-refractivity contribution is 0.121. The molecule has 1 aliphatic heterocycles. The SMILES string of the molecule is O=S(=O)(c1ccccc1Cl)N(c1cccc(CN2CCN(Cc3ccccn3)CC2)c1)S(=O)(=O)c1ccccc1Cl. The van der Waals surface area contributed by atoms with Gasteiger partial charge in [-0.3, -0.25) is 14.8 Å². The number of rotatable bonds is 9. The lowest BCUT2D eigenvalue weighted by Gasteiger charge is -2.34. The fraction of sp³-hybridized carbons (Fsp3) is 0.207. The summed E-state index contributed by atoms with van der Waals surface area (Å²) in [6.45, 7) is 4.61. The highest BCUT2D eigenvalue weighted by Gasteiger charge is 2.39.